The van der Waals surface area contributed by atoms with Crippen molar-refractivity contribution in [2.75, 3.05) is 11.1 Å². The Morgan fingerprint density at radius 3 is 2.15 bits per heavy atom. The normalized spacial score (nSPS) is 12.7. The number of nitrogens with one attached hydrogen (secondary N) is 2. The van der Waals surface area contributed by atoms with Gasteiger partial charge in [-0.05, 0) is 51.9 Å². The molecule has 2 atom stereocenters. The molecule has 4 aromatic carbocycles. The van der Waals surface area contributed by atoms with E-state index in [0.29, 0.717) is 26.3 Å². The van der Waals surface area contributed by atoms with Crippen molar-refractivity contribution >= 4 is 44.6 Å². The molecule has 1 heterocycles. The third-order valence-electron chi connectivity index (χ3n) is 6.41. The van der Waals surface area contributed by atoms with Crippen LogP contribution in [-0.4, -0.2) is 18.2 Å². The van der Waals surface area contributed by atoms with Gasteiger partial charge in [0.05, 0.1) is 16.3 Å². The second-order valence-corrected chi connectivity index (χ2v) is 10.2. The highest BCUT2D eigenvalue weighted by Crippen LogP contribution is 2.32. The minimum atomic E-state index is -2.91. The van der Waals surface area contributed by atoms with E-state index in [-0.39, 0.29) is 11.1 Å². The minimum Gasteiger partial charge on any atom is -0.397 e. The highest BCUT2D eigenvalue weighted by atomic mass is 32.1. The largest absolute Gasteiger partial charge is 0.397 e. The summed E-state index contributed by atoms with van der Waals surface area (Å²) in [6.45, 7) is 0. The van der Waals surface area contributed by atoms with E-state index < -0.39 is 30.5 Å². The zero-order valence-electron chi connectivity index (χ0n) is 21.0. The Morgan fingerprint density at radius 1 is 0.750 bits per heavy atom. The van der Waals surface area contributed by atoms with Crippen LogP contribution in [0.2, 0.25) is 0 Å². The second kappa shape index (κ2) is 11.6. The molecule has 5 aromatic rings. The molecule has 5 nitrogen and oxygen atoms in total. The molecule has 0 saturated carbocycles. The van der Waals surface area contributed by atoms with Crippen LogP contribution in [0.15, 0.2) is 103 Å². The van der Waals surface area contributed by atoms with E-state index in [0.717, 1.165) is 22.5 Å². The van der Waals surface area contributed by atoms with E-state index in [9.17, 15) is 18.4 Å². The van der Waals surface area contributed by atoms with Crippen LogP contribution in [0.1, 0.15) is 33.0 Å². The van der Waals surface area contributed by atoms with Gasteiger partial charge in [-0.15, -0.1) is 11.3 Å². The number of hydrogen-bond donors (Lipinski definition) is 3. The van der Waals surface area contributed by atoms with E-state index in [1.807, 2.05) is 36.4 Å². The predicted octanol–water partition coefficient (Wildman–Crippen LogP) is 7.54. The Kier molecular flexibility index (Phi) is 7.84. The van der Waals surface area contributed by atoms with Gasteiger partial charge < -0.3 is 16.4 Å². The van der Waals surface area contributed by atoms with Gasteiger partial charge in [0, 0.05) is 4.70 Å². The summed E-state index contributed by atoms with van der Waals surface area (Å²) in [4.78, 5) is 26.0. The highest BCUT2D eigenvalue weighted by molar-refractivity contribution is 7.20. The maximum Gasteiger partial charge on any atom is 0.265 e. The molecule has 0 aliphatic heterocycles. The van der Waals surface area contributed by atoms with Crippen LogP contribution in [0, 0.1) is 0 Å². The van der Waals surface area contributed by atoms with E-state index in [2.05, 4.69) is 10.6 Å². The van der Waals surface area contributed by atoms with Gasteiger partial charge in [0.15, 0.2) is 0 Å². The number of thiophene rings is 1. The van der Waals surface area contributed by atoms with Crippen LogP contribution in [0.5, 0.6) is 0 Å². The molecule has 9 heteroatoms. The molecule has 0 radical (unpaired) electrons. The molecule has 2 amide bonds. The number of alkyl halides is 3. The van der Waals surface area contributed by atoms with Crippen LogP contribution in [0.3, 0.4) is 0 Å². The van der Waals surface area contributed by atoms with Crippen molar-refractivity contribution in [3.05, 3.63) is 119 Å². The second-order valence-electron chi connectivity index (χ2n) is 9.12. The zero-order valence-corrected chi connectivity index (χ0v) is 21.8. The van der Waals surface area contributed by atoms with E-state index in [1.54, 1.807) is 42.5 Å². The van der Waals surface area contributed by atoms with Crippen LogP contribution < -0.4 is 16.4 Å². The summed E-state index contributed by atoms with van der Waals surface area (Å²) in [5.41, 5.74) is 9.00. The van der Waals surface area contributed by atoms with Crippen molar-refractivity contribution < 1.29 is 22.8 Å². The van der Waals surface area contributed by atoms with Crippen LogP contribution in [0.25, 0.3) is 21.2 Å². The Balaban J connectivity index is 1.32. The summed E-state index contributed by atoms with van der Waals surface area (Å²) in [7, 11) is 0. The van der Waals surface area contributed by atoms with Crippen LogP contribution in [0.4, 0.5) is 24.5 Å². The zero-order chi connectivity index (χ0) is 28.2. The summed E-state index contributed by atoms with van der Waals surface area (Å²) in [6, 6.07) is 27.2. The van der Waals surface area contributed by atoms with Crippen molar-refractivity contribution in [2.45, 2.75) is 18.6 Å². The number of nitrogen functional groups attached to an aromatic ring is 1. The number of carbonyl (C=O) groups excluding carboxylic acids is 2. The first kappa shape index (κ1) is 27.0. The molecule has 0 aliphatic carbocycles. The lowest BCUT2D eigenvalue weighted by molar-refractivity contribution is -0.128. The van der Waals surface area contributed by atoms with Gasteiger partial charge in [-0.2, -0.15) is 0 Å². The fourth-order valence-electron chi connectivity index (χ4n) is 4.31. The molecule has 40 heavy (non-hydrogen) atoms. The van der Waals surface area contributed by atoms with Gasteiger partial charge >= 0.3 is 0 Å². The summed E-state index contributed by atoms with van der Waals surface area (Å²) in [5, 5.41) is 5.63. The molecule has 0 bridgehead atoms. The van der Waals surface area contributed by atoms with Crippen molar-refractivity contribution in [2.24, 2.45) is 0 Å². The average molecular weight is 560 g/mol. The Labute approximate surface area is 232 Å². The summed E-state index contributed by atoms with van der Waals surface area (Å²) in [6.07, 6.45) is -5.09. The topological polar surface area (TPSA) is 84.2 Å². The molecule has 0 aliphatic rings. The third kappa shape index (κ3) is 5.84. The summed E-state index contributed by atoms with van der Waals surface area (Å²) < 4.78 is 42.9. The maximum absolute atomic E-state index is 15.1. The molecule has 5 rings (SSSR count). The monoisotopic (exact) mass is 559 g/mol. The van der Waals surface area contributed by atoms with Crippen molar-refractivity contribution in [3.63, 3.8) is 0 Å². The average Bonchev–Trinajstić information content (AvgIpc) is 3.41. The van der Waals surface area contributed by atoms with Crippen molar-refractivity contribution in [1.82, 2.24) is 5.32 Å². The van der Waals surface area contributed by atoms with Gasteiger partial charge in [-0.25, -0.2) is 13.2 Å². The van der Waals surface area contributed by atoms with E-state index in [1.165, 1.54) is 24.3 Å². The molecule has 4 N–H and O–H groups in total. The summed E-state index contributed by atoms with van der Waals surface area (Å²) in [5.74, 6) is -1.56. The van der Waals surface area contributed by atoms with Gasteiger partial charge in [0.1, 0.15) is 6.04 Å². The highest BCUT2D eigenvalue weighted by Gasteiger charge is 2.29. The number of nitrogens with two attached hydrogens (primary N) is 1. The number of halogens is 3. The number of hydrogen-bond acceptors (Lipinski definition) is 4. The molecular formula is C31H24F3N3O2S. The van der Waals surface area contributed by atoms with Crippen molar-refractivity contribution in [1.29, 1.82) is 0 Å². The standard InChI is InChI=1S/C31H24F3N3O2S/c32-27(31(39)37-28(29(33)34)19-9-5-2-6-10-19)22-12-11-21-16-26(40-25(21)17-22)30(38)36-24-15-20(13-14-23(24)35)18-7-3-1-4-8-18/h1-17,27-29H,35H2,(H,36,38)(H,37,39). The first-order chi connectivity index (χ1) is 19.3. The third-order valence-corrected chi connectivity index (χ3v) is 7.50. The predicted molar refractivity (Wildman–Crippen MR) is 153 cm³/mol. The van der Waals surface area contributed by atoms with Gasteiger partial charge in [0.2, 0.25) is 6.17 Å². The smallest absolute Gasteiger partial charge is 0.265 e. The lowest BCUT2D eigenvalue weighted by Crippen LogP contribution is -2.35. The SMILES string of the molecule is Nc1ccc(-c2ccccc2)cc1NC(=O)c1cc2ccc(C(F)C(=O)NC(c3ccccc3)C(F)F)cc2s1. The van der Waals surface area contributed by atoms with Gasteiger partial charge in [0.25, 0.3) is 18.2 Å². The van der Waals surface area contributed by atoms with Crippen molar-refractivity contribution in [3.8, 4) is 11.1 Å². The molecule has 1 aromatic heterocycles. The fourth-order valence-corrected chi connectivity index (χ4v) is 5.31. The van der Waals surface area contributed by atoms with Crippen LogP contribution in [-0.2, 0) is 4.79 Å². The first-order valence-electron chi connectivity index (χ1n) is 12.4. The number of benzene rings is 4. The van der Waals surface area contributed by atoms with Crippen LogP contribution >= 0.6 is 11.3 Å². The minimum absolute atomic E-state index is 0.000284. The van der Waals surface area contributed by atoms with Gasteiger partial charge in [-0.3, -0.25) is 9.59 Å². The lowest BCUT2D eigenvalue weighted by atomic mass is 10.0. The Bertz CT molecular complexity index is 1660. The number of carbonyl (C=O) groups is 2. The molecule has 202 valence electrons. The number of anilines is 2. The Hall–Kier alpha value is -4.63. The lowest BCUT2D eigenvalue weighted by Gasteiger charge is -2.19. The first-order valence-corrected chi connectivity index (χ1v) is 13.2. The Morgan fingerprint density at radius 2 is 1.45 bits per heavy atom. The number of fused-ring (bicyclic) bond motifs is 1. The summed E-state index contributed by atoms with van der Waals surface area (Å²) >= 11 is 1.12. The molecule has 0 spiro atoms. The van der Waals surface area contributed by atoms with Gasteiger partial charge in [-0.1, -0.05) is 78.9 Å². The number of amides is 2. The molecule has 0 saturated heterocycles. The maximum atomic E-state index is 15.1. The fraction of sp³-hybridized carbons (Fsp3) is 0.0968. The molecular weight excluding hydrogens is 535 g/mol. The van der Waals surface area contributed by atoms with E-state index in [4.69, 9.17) is 5.73 Å². The quantitative estimate of drug-likeness (QED) is 0.172. The van der Waals surface area contributed by atoms with E-state index >= 15 is 4.39 Å². The molecule has 0 fully saturated rings. The number of rotatable bonds is 8. The molecule has 2 unspecified atom stereocenters.